The standard InChI is InChI=1S/C22H46Si2/c1-9-11-13-15-17-21(19-23(3,4)5)22(20-24(6,7)8)18-16-14-12-10-2/h19-20H,9-18H2,1-8H3/b21-19+,22-20?. The number of rotatable bonds is 13. The van der Waals surface area contributed by atoms with Crippen molar-refractivity contribution in [3.05, 3.63) is 22.5 Å². The van der Waals surface area contributed by atoms with Gasteiger partial charge < -0.3 is 0 Å². The number of allylic oxidation sites excluding steroid dienone is 2. The summed E-state index contributed by atoms with van der Waals surface area (Å²) in [4.78, 5) is 0. The third kappa shape index (κ3) is 14.3. The summed E-state index contributed by atoms with van der Waals surface area (Å²) < 4.78 is 0. The maximum atomic E-state index is 2.71. The van der Waals surface area contributed by atoms with Crippen molar-refractivity contribution >= 4 is 16.1 Å². The minimum absolute atomic E-state index is 1.17. The summed E-state index contributed by atoms with van der Waals surface area (Å²) in [5, 5.41) is 0. The zero-order chi connectivity index (χ0) is 18.6. The fourth-order valence-electron chi connectivity index (χ4n) is 3.18. The first-order valence-electron chi connectivity index (χ1n) is 10.5. The second-order valence-electron chi connectivity index (χ2n) is 9.69. The predicted molar refractivity (Wildman–Crippen MR) is 120 cm³/mol. The van der Waals surface area contributed by atoms with Gasteiger partial charge in [-0.15, -0.1) is 0 Å². The van der Waals surface area contributed by atoms with Gasteiger partial charge in [0.2, 0.25) is 0 Å². The van der Waals surface area contributed by atoms with E-state index in [1.165, 1.54) is 64.2 Å². The average molecular weight is 367 g/mol. The third-order valence-corrected chi connectivity index (χ3v) is 6.66. The van der Waals surface area contributed by atoms with Gasteiger partial charge in [0.25, 0.3) is 0 Å². The van der Waals surface area contributed by atoms with Crippen molar-refractivity contribution in [1.82, 2.24) is 0 Å². The highest BCUT2D eigenvalue weighted by molar-refractivity contribution is 6.82. The lowest BCUT2D eigenvalue weighted by molar-refractivity contribution is 0.648. The van der Waals surface area contributed by atoms with Crippen molar-refractivity contribution in [2.45, 2.75) is 117 Å². The molecular weight excluding hydrogens is 320 g/mol. The summed E-state index contributed by atoms with van der Waals surface area (Å²) in [7, 11) is -2.34. The topological polar surface area (TPSA) is 0 Å². The Balaban J connectivity index is 5.23. The van der Waals surface area contributed by atoms with E-state index in [2.05, 4.69) is 64.5 Å². The SMILES string of the molecule is CCCCCCC(=C[Si](C)(C)C)/C(=C/[Si](C)(C)C)CCCCCC. The van der Waals surface area contributed by atoms with Crippen molar-refractivity contribution in [3.8, 4) is 0 Å². The minimum Gasteiger partial charge on any atom is -0.0916 e. The monoisotopic (exact) mass is 366 g/mol. The molecule has 0 aromatic carbocycles. The van der Waals surface area contributed by atoms with Crippen LogP contribution in [0.15, 0.2) is 22.5 Å². The Labute approximate surface area is 156 Å². The molecule has 0 radical (unpaired) electrons. The fraction of sp³-hybridized carbons (Fsp3) is 0.818. The van der Waals surface area contributed by atoms with Crippen molar-refractivity contribution in [1.29, 1.82) is 0 Å². The van der Waals surface area contributed by atoms with Crippen LogP contribution < -0.4 is 0 Å². The van der Waals surface area contributed by atoms with Gasteiger partial charge in [0, 0.05) is 0 Å². The molecule has 0 spiro atoms. The number of hydrogen-bond donors (Lipinski definition) is 0. The lowest BCUT2D eigenvalue weighted by atomic mass is 9.97. The molecule has 0 amide bonds. The molecule has 0 aliphatic rings. The number of unbranched alkanes of at least 4 members (excludes halogenated alkanes) is 6. The van der Waals surface area contributed by atoms with Crippen LogP contribution >= 0.6 is 0 Å². The average Bonchev–Trinajstić information content (AvgIpc) is 2.43. The predicted octanol–water partition coefficient (Wildman–Crippen LogP) is 8.53. The lowest BCUT2D eigenvalue weighted by Crippen LogP contribution is -2.20. The Kier molecular flexibility index (Phi) is 12.3. The van der Waals surface area contributed by atoms with Crippen LogP contribution in [-0.2, 0) is 0 Å². The molecule has 0 aromatic rings. The van der Waals surface area contributed by atoms with E-state index in [4.69, 9.17) is 0 Å². The molecule has 0 saturated carbocycles. The van der Waals surface area contributed by atoms with Crippen LogP contribution in [0.3, 0.4) is 0 Å². The van der Waals surface area contributed by atoms with Gasteiger partial charge in [0.05, 0.1) is 16.1 Å². The summed E-state index contributed by atoms with van der Waals surface area (Å²) in [5.41, 5.74) is 8.88. The molecule has 0 aliphatic heterocycles. The maximum absolute atomic E-state index is 2.71. The molecular formula is C22H46Si2. The molecule has 0 fully saturated rings. The minimum atomic E-state index is -1.17. The second kappa shape index (κ2) is 12.3. The van der Waals surface area contributed by atoms with Gasteiger partial charge in [0.15, 0.2) is 0 Å². The first kappa shape index (κ1) is 23.9. The summed E-state index contributed by atoms with van der Waals surface area (Å²) in [5.74, 6) is 0. The largest absolute Gasteiger partial charge is 0.0916 e. The molecule has 0 aliphatic carbocycles. The zero-order valence-electron chi connectivity index (χ0n) is 18.2. The normalized spacial score (nSPS) is 14.3. The van der Waals surface area contributed by atoms with Gasteiger partial charge >= 0.3 is 0 Å². The van der Waals surface area contributed by atoms with E-state index in [-0.39, 0.29) is 0 Å². The van der Waals surface area contributed by atoms with E-state index in [1.54, 1.807) is 11.1 Å². The molecule has 0 heterocycles. The summed E-state index contributed by atoms with van der Waals surface area (Å²) in [6.07, 6.45) is 13.6. The third-order valence-electron chi connectivity index (χ3n) is 4.23. The maximum Gasteiger partial charge on any atom is 0.0690 e. The summed E-state index contributed by atoms with van der Waals surface area (Å²) in [6.45, 7) is 19.5. The summed E-state index contributed by atoms with van der Waals surface area (Å²) >= 11 is 0. The molecule has 0 bridgehead atoms. The quantitative estimate of drug-likeness (QED) is 0.174. The van der Waals surface area contributed by atoms with Gasteiger partial charge in [-0.1, -0.05) is 114 Å². The molecule has 0 rings (SSSR count). The van der Waals surface area contributed by atoms with Gasteiger partial charge in [-0.25, -0.2) is 0 Å². The first-order chi connectivity index (χ1) is 11.1. The molecule has 24 heavy (non-hydrogen) atoms. The van der Waals surface area contributed by atoms with Crippen LogP contribution in [0.25, 0.3) is 0 Å². The van der Waals surface area contributed by atoms with Gasteiger partial charge in [0.1, 0.15) is 0 Å². The van der Waals surface area contributed by atoms with E-state index < -0.39 is 16.1 Å². The van der Waals surface area contributed by atoms with E-state index in [9.17, 15) is 0 Å². The van der Waals surface area contributed by atoms with Gasteiger partial charge in [-0.2, -0.15) is 0 Å². The van der Waals surface area contributed by atoms with Crippen LogP contribution in [-0.4, -0.2) is 16.1 Å². The molecule has 0 saturated heterocycles. The first-order valence-corrected chi connectivity index (χ1v) is 17.7. The van der Waals surface area contributed by atoms with Crippen LogP contribution in [0, 0.1) is 0 Å². The van der Waals surface area contributed by atoms with Crippen molar-refractivity contribution in [3.63, 3.8) is 0 Å². The highest BCUT2D eigenvalue weighted by atomic mass is 28.3. The molecule has 0 atom stereocenters. The molecule has 142 valence electrons. The van der Waals surface area contributed by atoms with Crippen molar-refractivity contribution < 1.29 is 0 Å². The molecule has 0 nitrogen and oxygen atoms in total. The van der Waals surface area contributed by atoms with Crippen LogP contribution in [0.5, 0.6) is 0 Å². The molecule has 0 aromatic heterocycles. The lowest BCUT2D eigenvalue weighted by Gasteiger charge is -2.21. The Hall–Kier alpha value is -0.0862. The molecule has 2 heteroatoms. The van der Waals surface area contributed by atoms with Crippen LogP contribution in [0.1, 0.15) is 78.1 Å². The zero-order valence-corrected chi connectivity index (χ0v) is 20.2. The van der Waals surface area contributed by atoms with Gasteiger partial charge in [-0.05, 0) is 25.7 Å². The Bertz CT molecular complexity index is 340. The second-order valence-corrected chi connectivity index (χ2v) is 19.7. The van der Waals surface area contributed by atoms with Crippen molar-refractivity contribution in [2.75, 3.05) is 0 Å². The Morgan fingerprint density at radius 1 is 0.542 bits per heavy atom. The van der Waals surface area contributed by atoms with E-state index in [0.717, 1.165) is 0 Å². The highest BCUT2D eigenvalue weighted by Crippen LogP contribution is 2.27. The van der Waals surface area contributed by atoms with Crippen LogP contribution in [0.2, 0.25) is 39.3 Å². The molecule has 0 N–H and O–H groups in total. The van der Waals surface area contributed by atoms with E-state index in [1.807, 2.05) is 0 Å². The van der Waals surface area contributed by atoms with E-state index in [0.29, 0.717) is 0 Å². The Morgan fingerprint density at radius 3 is 1.12 bits per heavy atom. The van der Waals surface area contributed by atoms with Gasteiger partial charge in [-0.3, -0.25) is 0 Å². The van der Waals surface area contributed by atoms with Crippen molar-refractivity contribution in [2.24, 2.45) is 0 Å². The fourth-order valence-corrected chi connectivity index (χ4v) is 5.93. The van der Waals surface area contributed by atoms with Crippen LogP contribution in [0.4, 0.5) is 0 Å². The Morgan fingerprint density at radius 2 is 0.875 bits per heavy atom. The summed E-state index contributed by atoms with van der Waals surface area (Å²) in [6, 6.07) is 0. The number of hydrogen-bond acceptors (Lipinski definition) is 0. The smallest absolute Gasteiger partial charge is 0.0690 e. The highest BCUT2D eigenvalue weighted by Gasteiger charge is 2.17. The van der Waals surface area contributed by atoms with E-state index >= 15 is 0 Å². The molecule has 0 unspecified atom stereocenters.